The molecule has 1 aromatic rings. The molecule has 0 saturated heterocycles. The van der Waals surface area contributed by atoms with Crippen molar-refractivity contribution in [3.05, 3.63) is 18.0 Å². The van der Waals surface area contributed by atoms with E-state index in [1.165, 1.54) is 0 Å². The van der Waals surface area contributed by atoms with Crippen molar-refractivity contribution in [3.8, 4) is 0 Å². The smallest absolute Gasteiger partial charge is 0.269 e. The molecular formula is C9H16N4O. The van der Waals surface area contributed by atoms with Crippen molar-refractivity contribution in [1.82, 2.24) is 15.1 Å². The van der Waals surface area contributed by atoms with Crippen LogP contribution in [0.15, 0.2) is 12.3 Å². The van der Waals surface area contributed by atoms with E-state index < -0.39 is 5.91 Å². The lowest BCUT2D eigenvalue weighted by Gasteiger charge is -2.01. The Morgan fingerprint density at radius 1 is 1.71 bits per heavy atom. The summed E-state index contributed by atoms with van der Waals surface area (Å²) in [6.45, 7) is 4.81. The number of hydrogen-bond acceptors (Lipinski definition) is 3. The van der Waals surface area contributed by atoms with Gasteiger partial charge in [0, 0.05) is 12.7 Å². The third-order valence-corrected chi connectivity index (χ3v) is 1.88. The second-order valence-corrected chi connectivity index (χ2v) is 3.04. The van der Waals surface area contributed by atoms with Crippen LogP contribution in [0.4, 0.5) is 0 Å². The quantitative estimate of drug-likeness (QED) is 0.628. The normalized spacial score (nSPS) is 10.4. The Bertz CT molecular complexity index is 295. The highest BCUT2D eigenvalue weighted by molar-refractivity contribution is 5.90. The van der Waals surface area contributed by atoms with E-state index in [1.807, 2.05) is 0 Å². The van der Waals surface area contributed by atoms with Crippen LogP contribution in [0.25, 0.3) is 0 Å². The van der Waals surface area contributed by atoms with Gasteiger partial charge in [-0.3, -0.25) is 9.48 Å². The molecule has 0 radical (unpaired) electrons. The Morgan fingerprint density at radius 3 is 3.07 bits per heavy atom. The Morgan fingerprint density at radius 2 is 2.50 bits per heavy atom. The van der Waals surface area contributed by atoms with Crippen LogP contribution in [-0.2, 0) is 6.54 Å². The molecule has 0 unspecified atom stereocenters. The molecular weight excluding hydrogens is 180 g/mol. The zero-order valence-corrected chi connectivity index (χ0v) is 8.36. The van der Waals surface area contributed by atoms with Crippen LogP contribution < -0.4 is 11.1 Å². The Labute approximate surface area is 83.3 Å². The summed E-state index contributed by atoms with van der Waals surface area (Å²) >= 11 is 0. The van der Waals surface area contributed by atoms with E-state index in [4.69, 9.17) is 5.73 Å². The lowest BCUT2D eigenvalue weighted by Crippen LogP contribution is -2.16. The SMILES string of the molecule is CCNCCCn1ccc(C(N)=O)n1. The van der Waals surface area contributed by atoms with Gasteiger partial charge in [0.25, 0.3) is 5.91 Å². The maximum atomic E-state index is 10.7. The summed E-state index contributed by atoms with van der Waals surface area (Å²) in [5, 5.41) is 7.24. The van der Waals surface area contributed by atoms with Crippen LogP contribution >= 0.6 is 0 Å². The molecule has 0 aliphatic rings. The van der Waals surface area contributed by atoms with Crippen molar-refractivity contribution in [2.45, 2.75) is 19.9 Å². The first-order valence-electron chi connectivity index (χ1n) is 4.78. The second kappa shape index (κ2) is 5.39. The lowest BCUT2D eigenvalue weighted by atomic mass is 10.4. The standard InChI is InChI=1S/C9H16N4O/c1-2-11-5-3-6-13-7-4-8(12-13)9(10)14/h4,7,11H,2-3,5-6H2,1H3,(H2,10,14). The van der Waals surface area contributed by atoms with Crippen molar-refractivity contribution in [2.24, 2.45) is 5.73 Å². The molecule has 0 aliphatic heterocycles. The summed E-state index contributed by atoms with van der Waals surface area (Å²) in [6, 6.07) is 1.63. The summed E-state index contributed by atoms with van der Waals surface area (Å²) < 4.78 is 1.73. The first-order chi connectivity index (χ1) is 6.74. The third-order valence-electron chi connectivity index (χ3n) is 1.88. The van der Waals surface area contributed by atoms with E-state index in [2.05, 4.69) is 17.3 Å². The molecule has 0 atom stereocenters. The second-order valence-electron chi connectivity index (χ2n) is 3.04. The number of rotatable bonds is 6. The molecule has 1 aromatic heterocycles. The Balaban J connectivity index is 2.33. The van der Waals surface area contributed by atoms with Gasteiger partial charge in [-0.25, -0.2) is 0 Å². The van der Waals surface area contributed by atoms with E-state index >= 15 is 0 Å². The van der Waals surface area contributed by atoms with E-state index in [0.717, 1.165) is 26.1 Å². The number of primary amides is 1. The van der Waals surface area contributed by atoms with Crippen molar-refractivity contribution >= 4 is 5.91 Å². The van der Waals surface area contributed by atoms with Gasteiger partial charge in [0.15, 0.2) is 0 Å². The number of hydrogen-bond donors (Lipinski definition) is 2. The third kappa shape index (κ3) is 3.18. The first-order valence-corrected chi connectivity index (χ1v) is 4.78. The molecule has 0 aromatic carbocycles. The van der Waals surface area contributed by atoms with Crippen LogP contribution in [0.1, 0.15) is 23.8 Å². The summed E-state index contributed by atoms with van der Waals surface area (Å²) in [5.74, 6) is -0.476. The number of nitrogens with zero attached hydrogens (tertiary/aromatic N) is 2. The molecule has 3 N–H and O–H groups in total. The van der Waals surface area contributed by atoms with Crippen molar-refractivity contribution < 1.29 is 4.79 Å². The van der Waals surface area contributed by atoms with E-state index in [0.29, 0.717) is 5.69 Å². The number of aryl methyl sites for hydroxylation is 1. The van der Waals surface area contributed by atoms with Gasteiger partial charge < -0.3 is 11.1 Å². The minimum Gasteiger partial charge on any atom is -0.364 e. The average molecular weight is 196 g/mol. The highest BCUT2D eigenvalue weighted by atomic mass is 16.1. The summed E-state index contributed by atoms with van der Waals surface area (Å²) in [4.78, 5) is 10.7. The number of amides is 1. The molecule has 5 nitrogen and oxygen atoms in total. The average Bonchev–Trinajstić information content (AvgIpc) is 2.61. The van der Waals surface area contributed by atoms with Crippen LogP contribution in [0.5, 0.6) is 0 Å². The van der Waals surface area contributed by atoms with Crippen LogP contribution in [0.3, 0.4) is 0 Å². The molecule has 0 aliphatic carbocycles. The van der Waals surface area contributed by atoms with Crippen LogP contribution in [0, 0.1) is 0 Å². The molecule has 0 saturated carbocycles. The maximum Gasteiger partial charge on any atom is 0.269 e. The summed E-state index contributed by atoms with van der Waals surface area (Å²) in [7, 11) is 0. The van der Waals surface area contributed by atoms with Crippen molar-refractivity contribution in [3.63, 3.8) is 0 Å². The zero-order valence-electron chi connectivity index (χ0n) is 8.36. The molecule has 1 rings (SSSR count). The maximum absolute atomic E-state index is 10.7. The molecule has 1 heterocycles. The predicted octanol–water partition coefficient (Wildman–Crippen LogP) is -0.0184. The molecule has 14 heavy (non-hydrogen) atoms. The molecule has 5 heteroatoms. The fourth-order valence-corrected chi connectivity index (χ4v) is 1.16. The van der Waals surface area contributed by atoms with Crippen LogP contribution in [0.2, 0.25) is 0 Å². The fourth-order valence-electron chi connectivity index (χ4n) is 1.16. The highest BCUT2D eigenvalue weighted by Gasteiger charge is 2.03. The zero-order chi connectivity index (χ0) is 10.4. The van der Waals surface area contributed by atoms with Crippen molar-refractivity contribution in [2.75, 3.05) is 13.1 Å². The topological polar surface area (TPSA) is 72.9 Å². The summed E-state index contributed by atoms with van der Waals surface area (Å²) in [6.07, 6.45) is 2.76. The molecule has 1 amide bonds. The van der Waals surface area contributed by atoms with Gasteiger partial charge in [0.2, 0.25) is 0 Å². The lowest BCUT2D eigenvalue weighted by molar-refractivity contribution is 0.0994. The fraction of sp³-hybridized carbons (Fsp3) is 0.556. The van der Waals surface area contributed by atoms with E-state index in [1.54, 1.807) is 16.9 Å². The Hall–Kier alpha value is -1.36. The van der Waals surface area contributed by atoms with Gasteiger partial charge in [-0.15, -0.1) is 0 Å². The first kappa shape index (κ1) is 10.7. The van der Waals surface area contributed by atoms with Crippen LogP contribution in [-0.4, -0.2) is 28.8 Å². The predicted molar refractivity (Wildman–Crippen MR) is 53.9 cm³/mol. The molecule has 0 bridgehead atoms. The molecule has 0 fully saturated rings. The number of nitrogens with one attached hydrogen (secondary N) is 1. The van der Waals surface area contributed by atoms with E-state index in [9.17, 15) is 4.79 Å². The van der Waals surface area contributed by atoms with Gasteiger partial charge in [0.05, 0.1) is 0 Å². The monoisotopic (exact) mass is 196 g/mol. The number of nitrogens with two attached hydrogens (primary N) is 1. The molecule has 0 spiro atoms. The van der Waals surface area contributed by atoms with Gasteiger partial charge in [-0.2, -0.15) is 5.10 Å². The van der Waals surface area contributed by atoms with Gasteiger partial charge in [0.1, 0.15) is 5.69 Å². The highest BCUT2D eigenvalue weighted by Crippen LogP contribution is 1.95. The number of carbonyl (C=O) groups is 1. The van der Waals surface area contributed by atoms with Gasteiger partial charge >= 0.3 is 0 Å². The van der Waals surface area contributed by atoms with Crippen molar-refractivity contribution in [1.29, 1.82) is 0 Å². The summed E-state index contributed by atoms with van der Waals surface area (Å²) in [5.41, 5.74) is 5.40. The minimum atomic E-state index is -0.476. The Kier molecular flexibility index (Phi) is 4.12. The molecule has 78 valence electrons. The minimum absolute atomic E-state index is 0.327. The van der Waals surface area contributed by atoms with E-state index in [-0.39, 0.29) is 0 Å². The van der Waals surface area contributed by atoms with Gasteiger partial charge in [-0.05, 0) is 25.6 Å². The largest absolute Gasteiger partial charge is 0.364 e. The number of aromatic nitrogens is 2. The van der Waals surface area contributed by atoms with Gasteiger partial charge in [-0.1, -0.05) is 6.92 Å². The number of carbonyl (C=O) groups excluding carboxylic acids is 1.